The lowest BCUT2D eigenvalue weighted by atomic mass is 9.91. The van der Waals surface area contributed by atoms with E-state index in [1.807, 2.05) is 36.9 Å². The average Bonchev–Trinajstić information content (AvgIpc) is 3.55. The summed E-state index contributed by atoms with van der Waals surface area (Å²) >= 11 is 0. The summed E-state index contributed by atoms with van der Waals surface area (Å²) in [7, 11) is 0. The predicted molar refractivity (Wildman–Crippen MR) is 122 cm³/mol. The number of benzene rings is 2. The van der Waals surface area contributed by atoms with E-state index in [4.69, 9.17) is 10.8 Å². The summed E-state index contributed by atoms with van der Waals surface area (Å²) in [6.07, 6.45) is -0.322. The second-order valence-corrected chi connectivity index (χ2v) is 7.69. The summed E-state index contributed by atoms with van der Waals surface area (Å²) in [4.78, 5) is 36.1. The minimum absolute atomic E-state index is 0.245. The summed E-state index contributed by atoms with van der Waals surface area (Å²) in [5.41, 5.74) is 7.03. The highest BCUT2D eigenvalue weighted by Gasteiger charge is 2.61. The molecule has 0 aliphatic heterocycles. The number of carbonyl (C=O) groups is 3. The Bertz CT molecular complexity index is 899. The van der Waals surface area contributed by atoms with E-state index in [0.717, 1.165) is 25.1 Å². The first-order chi connectivity index (χ1) is 15.3. The van der Waals surface area contributed by atoms with E-state index in [2.05, 4.69) is 16.9 Å². The number of hydrogen-bond donors (Lipinski definition) is 2. The van der Waals surface area contributed by atoms with Crippen LogP contribution in [0.3, 0.4) is 0 Å². The van der Waals surface area contributed by atoms with Crippen molar-refractivity contribution in [2.45, 2.75) is 38.7 Å². The molecule has 2 aromatic carbocycles. The van der Waals surface area contributed by atoms with Crippen molar-refractivity contribution in [2.75, 3.05) is 19.6 Å². The molecule has 3 rings (SSSR count). The van der Waals surface area contributed by atoms with Crippen LogP contribution in [-0.4, -0.2) is 47.5 Å². The molecule has 1 fully saturated rings. The molecule has 1 saturated carbocycles. The lowest BCUT2D eigenvalue weighted by Crippen LogP contribution is -2.40. The number of nitrogens with zero attached hydrogens (tertiary/aromatic N) is 1. The molecule has 2 aromatic rings. The van der Waals surface area contributed by atoms with Crippen molar-refractivity contribution < 1.29 is 24.2 Å². The van der Waals surface area contributed by atoms with Gasteiger partial charge in [-0.2, -0.15) is 0 Å². The first-order valence-corrected chi connectivity index (χ1v) is 10.8. The Hall–Kier alpha value is -3.19. The topological polar surface area (TPSA) is 110 Å². The Morgan fingerprint density at radius 3 is 2.00 bits per heavy atom. The van der Waals surface area contributed by atoms with Gasteiger partial charge in [-0.15, -0.1) is 0 Å². The molecule has 1 aliphatic rings. The fourth-order valence-electron chi connectivity index (χ4n) is 3.94. The molecule has 0 saturated heterocycles. The lowest BCUT2D eigenvalue weighted by molar-refractivity contribution is -0.163. The SMILES string of the molecule is CC(=O)O[C@@H](C(=O)O)c1ccccc1.CCN(CC)C(=O)[C@@]1(c2ccccc2)C[C@H]1CN. The maximum Gasteiger partial charge on any atom is 0.349 e. The van der Waals surface area contributed by atoms with Gasteiger partial charge in [0, 0.05) is 25.6 Å². The van der Waals surface area contributed by atoms with Crippen LogP contribution in [0.5, 0.6) is 0 Å². The molecule has 0 aromatic heterocycles. The van der Waals surface area contributed by atoms with Crippen molar-refractivity contribution in [1.29, 1.82) is 0 Å². The number of esters is 1. The third kappa shape index (κ3) is 5.73. The van der Waals surface area contributed by atoms with E-state index >= 15 is 0 Å². The molecule has 172 valence electrons. The number of carbonyl (C=O) groups excluding carboxylic acids is 2. The van der Waals surface area contributed by atoms with Gasteiger partial charge in [0.25, 0.3) is 0 Å². The summed E-state index contributed by atoms with van der Waals surface area (Å²) in [6.45, 7) is 7.35. The van der Waals surface area contributed by atoms with E-state index in [-0.39, 0.29) is 11.3 Å². The zero-order valence-electron chi connectivity index (χ0n) is 18.9. The number of ether oxygens (including phenoxy) is 1. The van der Waals surface area contributed by atoms with Crippen LogP contribution < -0.4 is 5.73 Å². The molecule has 0 unspecified atom stereocenters. The van der Waals surface area contributed by atoms with Crippen molar-refractivity contribution in [3.8, 4) is 0 Å². The van der Waals surface area contributed by atoms with Crippen LogP contribution in [0.4, 0.5) is 0 Å². The fourth-order valence-corrected chi connectivity index (χ4v) is 3.94. The number of rotatable bonds is 8. The van der Waals surface area contributed by atoms with Crippen molar-refractivity contribution in [3.05, 3.63) is 71.8 Å². The van der Waals surface area contributed by atoms with Crippen molar-refractivity contribution in [2.24, 2.45) is 11.7 Å². The monoisotopic (exact) mass is 440 g/mol. The van der Waals surface area contributed by atoms with E-state index in [9.17, 15) is 14.4 Å². The standard InChI is InChI=1S/C15H22N2O.C10H10O4/c1-3-17(4-2)14(18)15(10-13(15)11-16)12-8-6-5-7-9-12;1-7(11)14-9(10(12)13)8-5-3-2-4-6-8/h5-9,13H,3-4,10-11,16H2,1-2H3;2-6,9H,1H3,(H,12,13)/t13-,15+;9-/m01/s1. The summed E-state index contributed by atoms with van der Waals surface area (Å²) in [5, 5.41) is 8.80. The van der Waals surface area contributed by atoms with Gasteiger partial charge < -0.3 is 20.5 Å². The van der Waals surface area contributed by atoms with Crippen LogP contribution in [0.2, 0.25) is 0 Å². The van der Waals surface area contributed by atoms with E-state index in [1.54, 1.807) is 30.3 Å². The molecule has 7 nitrogen and oxygen atoms in total. The fraction of sp³-hybridized carbons (Fsp3) is 0.400. The number of likely N-dealkylation sites (N-methyl/N-ethyl adjacent to an activating group) is 1. The first kappa shape index (κ1) is 25.1. The number of nitrogens with two attached hydrogens (primary N) is 1. The van der Waals surface area contributed by atoms with Crippen molar-refractivity contribution >= 4 is 17.8 Å². The van der Waals surface area contributed by atoms with E-state index in [0.29, 0.717) is 18.0 Å². The molecular weight excluding hydrogens is 408 g/mol. The number of aliphatic carboxylic acids is 1. The molecule has 1 amide bonds. The maximum atomic E-state index is 12.7. The third-order valence-electron chi connectivity index (χ3n) is 5.72. The molecular formula is C25H32N2O5. The Morgan fingerprint density at radius 1 is 1.06 bits per heavy atom. The highest BCUT2D eigenvalue weighted by molar-refractivity contribution is 5.92. The molecule has 1 aliphatic carbocycles. The third-order valence-corrected chi connectivity index (χ3v) is 5.72. The van der Waals surface area contributed by atoms with Gasteiger partial charge >= 0.3 is 11.9 Å². The lowest BCUT2D eigenvalue weighted by Gasteiger charge is -2.26. The highest BCUT2D eigenvalue weighted by atomic mass is 16.6. The summed E-state index contributed by atoms with van der Waals surface area (Å²) in [5.74, 6) is -1.24. The highest BCUT2D eigenvalue weighted by Crippen LogP contribution is 2.54. The zero-order valence-corrected chi connectivity index (χ0v) is 18.9. The van der Waals surface area contributed by atoms with Gasteiger partial charge in [-0.3, -0.25) is 9.59 Å². The average molecular weight is 441 g/mol. The normalized spacial score (nSPS) is 19.7. The summed E-state index contributed by atoms with van der Waals surface area (Å²) < 4.78 is 4.66. The Kier molecular flexibility index (Phi) is 8.96. The minimum atomic E-state index is -1.21. The quantitative estimate of drug-likeness (QED) is 0.610. The van der Waals surface area contributed by atoms with Crippen LogP contribution in [0.15, 0.2) is 60.7 Å². The molecule has 3 N–H and O–H groups in total. The van der Waals surface area contributed by atoms with Gasteiger partial charge in [-0.1, -0.05) is 60.7 Å². The Labute approximate surface area is 189 Å². The van der Waals surface area contributed by atoms with Crippen LogP contribution >= 0.6 is 0 Å². The van der Waals surface area contributed by atoms with Gasteiger partial charge in [0.15, 0.2) is 0 Å². The minimum Gasteiger partial charge on any atom is -0.478 e. The Balaban J connectivity index is 0.000000235. The number of carboxylic acids is 1. The van der Waals surface area contributed by atoms with Crippen LogP contribution in [0, 0.1) is 5.92 Å². The molecule has 7 heteroatoms. The van der Waals surface area contributed by atoms with Gasteiger partial charge in [0.2, 0.25) is 12.0 Å². The number of hydrogen-bond acceptors (Lipinski definition) is 5. The van der Waals surface area contributed by atoms with Gasteiger partial charge in [-0.25, -0.2) is 4.79 Å². The number of carboxylic acid groups (broad SMARTS) is 1. The maximum absolute atomic E-state index is 12.7. The molecule has 0 spiro atoms. The number of amides is 1. The summed E-state index contributed by atoms with van der Waals surface area (Å²) in [6, 6.07) is 18.4. The van der Waals surface area contributed by atoms with Gasteiger partial charge in [0.05, 0.1) is 5.41 Å². The smallest absolute Gasteiger partial charge is 0.349 e. The second-order valence-electron chi connectivity index (χ2n) is 7.69. The molecule has 3 atom stereocenters. The molecule has 0 heterocycles. The zero-order chi connectivity index (χ0) is 23.7. The second kappa shape index (κ2) is 11.4. The van der Waals surface area contributed by atoms with Crippen LogP contribution in [-0.2, 0) is 24.5 Å². The van der Waals surface area contributed by atoms with Crippen molar-refractivity contribution in [1.82, 2.24) is 4.90 Å². The van der Waals surface area contributed by atoms with E-state index < -0.39 is 18.0 Å². The Morgan fingerprint density at radius 2 is 1.59 bits per heavy atom. The first-order valence-electron chi connectivity index (χ1n) is 10.8. The van der Waals surface area contributed by atoms with Crippen LogP contribution in [0.25, 0.3) is 0 Å². The van der Waals surface area contributed by atoms with Gasteiger partial charge in [0.1, 0.15) is 0 Å². The molecule has 0 bridgehead atoms. The molecule has 32 heavy (non-hydrogen) atoms. The predicted octanol–water partition coefficient (Wildman–Crippen LogP) is 3.15. The van der Waals surface area contributed by atoms with E-state index in [1.165, 1.54) is 6.92 Å². The van der Waals surface area contributed by atoms with Crippen molar-refractivity contribution in [3.63, 3.8) is 0 Å². The largest absolute Gasteiger partial charge is 0.478 e. The molecule has 0 radical (unpaired) electrons. The van der Waals surface area contributed by atoms with Crippen LogP contribution in [0.1, 0.15) is 44.4 Å². The van der Waals surface area contributed by atoms with Gasteiger partial charge in [-0.05, 0) is 38.3 Å².